The Morgan fingerprint density at radius 2 is 1.74 bits per heavy atom. The van der Waals surface area contributed by atoms with Gasteiger partial charge >= 0.3 is 0 Å². The number of hydrogen-bond acceptors (Lipinski definition) is 5. The predicted molar refractivity (Wildman–Crippen MR) is 91.3 cm³/mol. The number of rotatable bonds is 2. The monoisotopic (exact) mass is 351 g/mol. The summed E-state index contributed by atoms with van der Waals surface area (Å²) in [5.74, 6) is -0.178. The van der Waals surface area contributed by atoms with Crippen LogP contribution in [0.3, 0.4) is 0 Å². The molecule has 0 aromatic heterocycles. The molecule has 0 fully saturated rings. The van der Waals surface area contributed by atoms with Crippen molar-refractivity contribution in [3.05, 3.63) is 63.9 Å². The van der Waals surface area contributed by atoms with E-state index in [-0.39, 0.29) is 17.7 Å². The summed E-state index contributed by atoms with van der Waals surface area (Å²) >= 11 is 12.2. The van der Waals surface area contributed by atoms with E-state index in [2.05, 4.69) is 9.98 Å². The van der Waals surface area contributed by atoms with Gasteiger partial charge in [0.1, 0.15) is 5.82 Å². The predicted octanol–water partition coefficient (Wildman–Crippen LogP) is 3.28. The third-order valence-corrected chi connectivity index (χ3v) is 3.88. The summed E-state index contributed by atoms with van der Waals surface area (Å²) in [5.41, 5.74) is 13.0. The smallest absolute Gasteiger partial charge is 0.221 e. The lowest BCUT2D eigenvalue weighted by Gasteiger charge is -2.33. The average Bonchev–Trinajstić information content (AvgIpc) is 2.48. The molecular weight excluding hydrogens is 340 g/mol. The van der Waals surface area contributed by atoms with Crippen LogP contribution in [-0.2, 0) is 0 Å². The van der Waals surface area contributed by atoms with Crippen molar-refractivity contribution < 1.29 is 4.39 Å². The van der Waals surface area contributed by atoms with E-state index in [1.165, 1.54) is 12.1 Å². The summed E-state index contributed by atoms with van der Waals surface area (Å²) in [4.78, 5) is 9.89. The van der Waals surface area contributed by atoms with Gasteiger partial charge in [-0.2, -0.15) is 4.99 Å². The fraction of sp³-hybridized carbons (Fsp3) is 0.0667. The van der Waals surface area contributed by atoms with E-state index in [1.807, 2.05) is 0 Å². The van der Waals surface area contributed by atoms with Crippen LogP contribution in [0.5, 0.6) is 0 Å². The molecule has 1 atom stereocenters. The zero-order valence-electron chi connectivity index (χ0n) is 11.7. The molecule has 3 rings (SSSR count). The van der Waals surface area contributed by atoms with Crippen LogP contribution in [0.4, 0.5) is 10.1 Å². The maximum atomic E-state index is 13.2. The lowest BCUT2D eigenvalue weighted by atomic mass is 10.1. The van der Waals surface area contributed by atoms with Gasteiger partial charge in [0.15, 0.2) is 6.17 Å². The van der Waals surface area contributed by atoms with Crippen molar-refractivity contribution >= 4 is 40.8 Å². The second-order valence-corrected chi connectivity index (χ2v) is 5.69. The molecule has 4 N–H and O–H groups in total. The minimum Gasteiger partial charge on any atom is -0.369 e. The van der Waals surface area contributed by atoms with E-state index in [0.717, 1.165) is 0 Å². The summed E-state index contributed by atoms with van der Waals surface area (Å²) < 4.78 is 13.2. The normalized spacial score (nSPS) is 17.7. The molecule has 8 heteroatoms. The van der Waals surface area contributed by atoms with Gasteiger partial charge in [-0.3, -0.25) is 4.90 Å². The van der Waals surface area contributed by atoms with Crippen molar-refractivity contribution in [2.45, 2.75) is 6.17 Å². The lowest BCUT2D eigenvalue weighted by Crippen LogP contribution is -2.44. The molecule has 0 saturated heterocycles. The van der Waals surface area contributed by atoms with Gasteiger partial charge in [-0.25, -0.2) is 9.38 Å². The van der Waals surface area contributed by atoms with Gasteiger partial charge in [-0.15, -0.1) is 0 Å². The van der Waals surface area contributed by atoms with Crippen LogP contribution in [0.15, 0.2) is 52.4 Å². The van der Waals surface area contributed by atoms with Crippen molar-refractivity contribution in [2.24, 2.45) is 21.5 Å². The van der Waals surface area contributed by atoms with Gasteiger partial charge in [0.2, 0.25) is 11.9 Å². The van der Waals surface area contributed by atoms with Crippen LogP contribution < -0.4 is 16.4 Å². The minimum atomic E-state index is -0.622. The standard InChI is InChI=1S/C15H12Cl2FN5/c16-8-1-6-11(12(17)7-8)13-21-14(19)22-15(20)23(13)10-4-2-9(18)3-5-10/h1-7,13H,(H4,19,20,21,22). The lowest BCUT2D eigenvalue weighted by molar-refractivity contribution is 0.627. The molecule has 1 heterocycles. The highest BCUT2D eigenvalue weighted by molar-refractivity contribution is 6.35. The van der Waals surface area contributed by atoms with Gasteiger partial charge < -0.3 is 11.5 Å². The highest BCUT2D eigenvalue weighted by atomic mass is 35.5. The van der Waals surface area contributed by atoms with Crippen molar-refractivity contribution in [1.29, 1.82) is 0 Å². The zero-order valence-corrected chi connectivity index (χ0v) is 13.3. The zero-order chi connectivity index (χ0) is 16.6. The first-order valence-corrected chi connectivity index (χ1v) is 7.38. The fourth-order valence-electron chi connectivity index (χ4n) is 2.30. The maximum absolute atomic E-state index is 13.2. The SMILES string of the molecule is NC1=NC(c2ccc(Cl)cc2Cl)N(c2ccc(F)cc2)C(N)=N1. The van der Waals surface area contributed by atoms with Gasteiger partial charge in [0.25, 0.3) is 0 Å². The molecule has 0 bridgehead atoms. The maximum Gasteiger partial charge on any atom is 0.221 e. The molecule has 2 aromatic rings. The Morgan fingerprint density at radius 3 is 2.39 bits per heavy atom. The van der Waals surface area contributed by atoms with Crippen molar-refractivity contribution in [1.82, 2.24) is 0 Å². The Balaban J connectivity index is 2.11. The van der Waals surface area contributed by atoms with Gasteiger partial charge in [0.05, 0.1) is 0 Å². The quantitative estimate of drug-likeness (QED) is 0.871. The summed E-state index contributed by atoms with van der Waals surface area (Å²) in [6.45, 7) is 0. The van der Waals surface area contributed by atoms with E-state index >= 15 is 0 Å². The van der Waals surface area contributed by atoms with E-state index < -0.39 is 6.17 Å². The Morgan fingerprint density at radius 1 is 1.04 bits per heavy atom. The highest BCUT2D eigenvalue weighted by Crippen LogP contribution is 2.35. The summed E-state index contributed by atoms with van der Waals surface area (Å²) in [5, 5.41) is 0.919. The third-order valence-electron chi connectivity index (χ3n) is 3.32. The molecule has 0 saturated carbocycles. The number of anilines is 1. The van der Waals surface area contributed by atoms with E-state index in [0.29, 0.717) is 21.3 Å². The number of nitrogens with two attached hydrogens (primary N) is 2. The second-order valence-electron chi connectivity index (χ2n) is 4.84. The average molecular weight is 352 g/mol. The summed E-state index contributed by atoms with van der Waals surface area (Å²) in [6, 6.07) is 10.8. The van der Waals surface area contributed by atoms with E-state index in [9.17, 15) is 4.39 Å². The molecular formula is C15H12Cl2FN5. The number of benzene rings is 2. The van der Waals surface area contributed by atoms with Gasteiger partial charge in [0, 0.05) is 21.3 Å². The molecule has 0 amide bonds. The molecule has 5 nitrogen and oxygen atoms in total. The van der Waals surface area contributed by atoms with Crippen LogP contribution in [0.25, 0.3) is 0 Å². The Bertz CT molecular complexity index is 804. The van der Waals surface area contributed by atoms with Crippen molar-refractivity contribution in [2.75, 3.05) is 4.90 Å². The van der Waals surface area contributed by atoms with Crippen LogP contribution >= 0.6 is 23.2 Å². The minimum absolute atomic E-state index is 0.0388. The van der Waals surface area contributed by atoms with Crippen molar-refractivity contribution in [3.8, 4) is 0 Å². The number of aliphatic imine (C=N–C) groups is 2. The Kier molecular flexibility index (Phi) is 4.11. The molecule has 0 spiro atoms. The van der Waals surface area contributed by atoms with Crippen LogP contribution in [0.2, 0.25) is 10.0 Å². The molecule has 0 radical (unpaired) electrons. The fourth-order valence-corrected chi connectivity index (χ4v) is 2.81. The van der Waals surface area contributed by atoms with Crippen LogP contribution in [-0.4, -0.2) is 11.9 Å². The van der Waals surface area contributed by atoms with Gasteiger partial charge in [-0.05, 0) is 36.4 Å². The molecule has 1 aliphatic heterocycles. The number of guanidine groups is 2. The Labute approximate surface area is 142 Å². The van der Waals surface area contributed by atoms with Crippen molar-refractivity contribution in [3.63, 3.8) is 0 Å². The van der Waals surface area contributed by atoms with E-state index in [1.54, 1.807) is 35.2 Å². The van der Waals surface area contributed by atoms with Crippen LogP contribution in [0.1, 0.15) is 11.7 Å². The first kappa shape index (κ1) is 15.6. The molecule has 118 valence electrons. The number of nitrogens with zero attached hydrogens (tertiary/aromatic N) is 3. The molecule has 1 unspecified atom stereocenters. The largest absolute Gasteiger partial charge is 0.369 e. The molecule has 23 heavy (non-hydrogen) atoms. The number of halogens is 3. The summed E-state index contributed by atoms with van der Waals surface area (Å²) in [6.07, 6.45) is -0.622. The summed E-state index contributed by atoms with van der Waals surface area (Å²) in [7, 11) is 0. The van der Waals surface area contributed by atoms with Crippen LogP contribution in [0, 0.1) is 5.82 Å². The highest BCUT2D eigenvalue weighted by Gasteiger charge is 2.29. The number of hydrogen-bond donors (Lipinski definition) is 2. The Hall–Kier alpha value is -2.31. The first-order chi connectivity index (χ1) is 11.0. The second kappa shape index (κ2) is 6.06. The topological polar surface area (TPSA) is 80.0 Å². The molecule has 1 aliphatic rings. The molecule has 2 aromatic carbocycles. The first-order valence-electron chi connectivity index (χ1n) is 6.63. The third kappa shape index (κ3) is 3.09. The van der Waals surface area contributed by atoms with E-state index in [4.69, 9.17) is 34.7 Å². The molecule has 0 aliphatic carbocycles. The van der Waals surface area contributed by atoms with Gasteiger partial charge in [-0.1, -0.05) is 29.3 Å².